The van der Waals surface area contributed by atoms with Crippen molar-refractivity contribution in [1.29, 1.82) is 0 Å². The van der Waals surface area contributed by atoms with Gasteiger partial charge in [0.05, 0.1) is 11.7 Å². The maximum absolute atomic E-state index is 13.0. The normalized spacial score (nSPS) is 15.3. The van der Waals surface area contributed by atoms with Crippen LogP contribution in [0, 0.1) is 5.92 Å². The highest BCUT2D eigenvalue weighted by Gasteiger charge is 2.36. The van der Waals surface area contributed by atoms with E-state index in [0.717, 1.165) is 12.5 Å². The third-order valence-electron chi connectivity index (χ3n) is 3.05. The quantitative estimate of drug-likeness (QED) is 0.855. The first-order valence-electron chi connectivity index (χ1n) is 6.06. The van der Waals surface area contributed by atoms with Crippen LogP contribution in [0.3, 0.4) is 0 Å². The van der Waals surface area contributed by atoms with Crippen molar-refractivity contribution < 1.29 is 18.3 Å². The number of hydrogen-bond acceptors (Lipinski definition) is 2. The molecule has 3 N–H and O–H groups in total. The van der Waals surface area contributed by atoms with Crippen LogP contribution in [-0.4, -0.2) is 11.7 Å². The van der Waals surface area contributed by atoms with E-state index < -0.39 is 17.8 Å². The Morgan fingerprint density at radius 1 is 1.37 bits per heavy atom. The predicted octanol–water partition coefficient (Wildman–Crippen LogP) is 3.88. The summed E-state index contributed by atoms with van der Waals surface area (Å²) in [4.78, 5) is 0. The van der Waals surface area contributed by atoms with Gasteiger partial charge in [-0.25, -0.2) is 0 Å². The molecule has 1 aromatic carbocycles. The van der Waals surface area contributed by atoms with E-state index in [2.05, 4.69) is 15.9 Å². The summed E-state index contributed by atoms with van der Waals surface area (Å²) in [6.07, 6.45) is -4.34. The average molecular weight is 340 g/mol. The molecule has 2 nitrogen and oxygen atoms in total. The fraction of sp³-hybridized carbons (Fsp3) is 0.538. The summed E-state index contributed by atoms with van der Waals surface area (Å²) in [7, 11) is 0. The molecule has 0 radical (unpaired) electrons. The van der Waals surface area contributed by atoms with Gasteiger partial charge in [-0.15, -0.1) is 0 Å². The molecule has 1 aromatic rings. The highest BCUT2D eigenvalue weighted by molar-refractivity contribution is 9.10. The lowest BCUT2D eigenvalue weighted by atomic mass is 9.89. The van der Waals surface area contributed by atoms with E-state index in [9.17, 15) is 18.3 Å². The van der Waals surface area contributed by atoms with Gasteiger partial charge in [0.2, 0.25) is 0 Å². The van der Waals surface area contributed by atoms with Crippen LogP contribution in [0.25, 0.3) is 0 Å². The van der Waals surface area contributed by atoms with Crippen molar-refractivity contribution in [2.45, 2.75) is 32.0 Å². The van der Waals surface area contributed by atoms with Crippen molar-refractivity contribution in [3.63, 3.8) is 0 Å². The molecule has 0 saturated heterocycles. The standard InChI is InChI=1S/C13H17BrF3NO/c1-2-3-8(7-18)12(19)10-5-4-9(14)6-11(10)13(15,16)17/h4-6,8,12,19H,2-3,7,18H2,1H3. The van der Waals surface area contributed by atoms with E-state index >= 15 is 0 Å². The molecule has 0 heterocycles. The molecule has 0 aliphatic carbocycles. The van der Waals surface area contributed by atoms with Gasteiger partial charge in [0.1, 0.15) is 0 Å². The lowest BCUT2D eigenvalue weighted by Crippen LogP contribution is -2.24. The summed E-state index contributed by atoms with van der Waals surface area (Å²) in [5.74, 6) is -0.368. The lowest BCUT2D eigenvalue weighted by molar-refractivity contribution is -0.139. The Kier molecular flexibility index (Phi) is 5.82. The van der Waals surface area contributed by atoms with Gasteiger partial charge in [-0.05, 0) is 30.7 Å². The van der Waals surface area contributed by atoms with E-state index in [1.54, 1.807) is 0 Å². The first-order chi connectivity index (χ1) is 8.81. The van der Waals surface area contributed by atoms with Crippen LogP contribution in [0.5, 0.6) is 0 Å². The van der Waals surface area contributed by atoms with Crippen molar-refractivity contribution in [1.82, 2.24) is 0 Å². The summed E-state index contributed by atoms with van der Waals surface area (Å²) < 4.78 is 39.3. The summed E-state index contributed by atoms with van der Waals surface area (Å²) >= 11 is 3.02. The molecule has 0 aliphatic heterocycles. The van der Waals surface area contributed by atoms with Crippen molar-refractivity contribution in [2.24, 2.45) is 11.7 Å². The average Bonchev–Trinajstić information content (AvgIpc) is 2.34. The molecule has 0 aliphatic rings. The van der Waals surface area contributed by atoms with Gasteiger partial charge in [0.25, 0.3) is 0 Å². The molecular formula is C13H17BrF3NO. The first-order valence-corrected chi connectivity index (χ1v) is 6.85. The highest BCUT2D eigenvalue weighted by Crippen LogP contribution is 2.38. The lowest BCUT2D eigenvalue weighted by Gasteiger charge is -2.24. The molecule has 2 unspecified atom stereocenters. The van der Waals surface area contributed by atoms with E-state index in [4.69, 9.17) is 5.73 Å². The number of aliphatic hydroxyl groups excluding tert-OH is 1. The van der Waals surface area contributed by atoms with Gasteiger partial charge in [0.15, 0.2) is 0 Å². The van der Waals surface area contributed by atoms with E-state index in [0.29, 0.717) is 10.9 Å². The number of halogens is 4. The molecule has 0 amide bonds. The summed E-state index contributed by atoms with van der Waals surface area (Å²) in [5, 5.41) is 10.2. The van der Waals surface area contributed by atoms with Gasteiger partial charge >= 0.3 is 6.18 Å². The number of rotatable bonds is 5. The predicted molar refractivity (Wildman–Crippen MR) is 71.6 cm³/mol. The topological polar surface area (TPSA) is 46.2 Å². The van der Waals surface area contributed by atoms with Crippen LogP contribution in [0.1, 0.15) is 37.0 Å². The fourth-order valence-electron chi connectivity index (χ4n) is 2.06. The molecular weight excluding hydrogens is 323 g/mol. The molecule has 0 saturated carbocycles. The Balaban J connectivity index is 3.18. The Labute approximate surface area is 118 Å². The third-order valence-corrected chi connectivity index (χ3v) is 3.54. The molecule has 0 aromatic heterocycles. The van der Waals surface area contributed by atoms with E-state index in [1.165, 1.54) is 12.1 Å². The summed E-state index contributed by atoms with van der Waals surface area (Å²) in [6.45, 7) is 2.06. The zero-order valence-electron chi connectivity index (χ0n) is 10.5. The summed E-state index contributed by atoms with van der Waals surface area (Å²) in [5.41, 5.74) is 4.61. The number of benzene rings is 1. The largest absolute Gasteiger partial charge is 0.416 e. The number of aliphatic hydroxyl groups is 1. The van der Waals surface area contributed by atoms with Crippen molar-refractivity contribution >= 4 is 15.9 Å². The van der Waals surface area contributed by atoms with Crippen LogP contribution < -0.4 is 5.73 Å². The van der Waals surface area contributed by atoms with E-state index in [-0.39, 0.29) is 18.0 Å². The Bertz CT molecular complexity index is 423. The second-order valence-electron chi connectivity index (χ2n) is 4.46. The minimum atomic E-state index is -4.49. The SMILES string of the molecule is CCCC(CN)C(O)c1ccc(Br)cc1C(F)(F)F. The van der Waals surface area contributed by atoms with Crippen molar-refractivity contribution in [3.05, 3.63) is 33.8 Å². The molecule has 19 heavy (non-hydrogen) atoms. The van der Waals surface area contributed by atoms with Crippen LogP contribution in [0.15, 0.2) is 22.7 Å². The number of hydrogen-bond donors (Lipinski definition) is 2. The highest BCUT2D eigenvalue weighted by atomic mass is 79.9. The third kappa shape index (κ3) is 4.19. The van der Waals surface area contributed by atoms with Crippen molar-refractivity contribution in [3.8, 4) is 0 Å². The maximum atomic E-state index is 13.0. The monoisotopic (exact) mass is 339 g/mol. The van der Waals surface area contributed by atoms with Crippen molar-refractivity contribution in [2.75, 3.05) is 6.54 Å². The molecule has 6 heteroatoms. The second-order valence-corrected chi connectivity index (χ2v) is 5.37. The van der Waals surface area contributed by atoms with Crippen LogP contribution in [-0.2, 0) is 6.18 Å². The fourth-order valence-corrected chi connectivity index (χ4v) is 2.42. The number of nitrogens with two attached hydrogens (primary N) is 1. The zero-order valence-corrected chi connectivity index (χ0v) is 12.1. The molecule has 0 fully saturated rings. The van der Waals surface area contributed by atoms with Gasteiger partial charge in [-0.3, -0.25) is 0 Å². The second kappa shape index (κ2) is 6.72. The molecule has 1 rings (SSSR count). The van der Waals surface area contributed by atoms with Crippen LogP contribution >= 0.6 is 15.9 Å². The Hall–Kier alpha value is -0.590. The first kappa shape index (κ1) is 16.5. The minimum Gasteiger partial charge on any atom is -0.388 e. The Morgan fingerprint density at radius 3 is 2.47 bits per heavy atom. The number of alkyl halides is 3. The van der Waals surface area contributed by atoms with Gasteiger partial charge < -0.3 is 10.8 Å². The van der Waals surface area contributed by atoms with Gasteiger partial charge in [0, 0.05) is 10.4 Å². The molecule has 0 spiro atoms. The zero-order chi connectivity index (χ0) is 14.6. The molecule has 108 valence electrons. The smallest absolute Gasteiger partial charge is 0.388 e. The van der Waals surface area contributed by atoms with Gasteiger partial charge in [-0.1, -0.05) is 35.3 Å². The minimum absolute atomic E-state index is 0.111. The molecule has 0 bridgehead atoms. The van der Waals surface area contributed by atoms with Crippen LogP contribution in [0.2, 0.25) is 0 Å². The maximum Gasteiger partial charge on any atom is 0.416 e. The summed E-state index contributed by atoms with van der Waals surface area (Å²) in [6, 6.07) is 3.78. The van der Waals surface area contributed by atoms with E-state index in [1.807, 2.05) is 6.92 Å². The Morgan fingerprint density at radius 2 is 2.00 bits per heavy atom. The van der Waals surface area contributed by atoms with Gasteiger partial charge in [-0.2, -0.15) is 13.2 Å². The molecule has 2 atom stereocenters. The van der Waals surface area contributed by atoms with Crippen LogP contribution in [0.4, 0.5) is 13.2 Å².